The quantitative estimate of drug-likeness (QED) is 0.824. The first kappa shape index (κ1) is 12.9. The Morgan fingerprint density at radius 3 is 2.94 bits per heavy atom. The number of rotatable bonds is 5. The van der Waals surface area contributed by atoms with E-state index in [4.69, 9.17) is 10.5 Å². The maximum absolute atomic E-state index is 11.2. The SMILES string of the molecule is CC(C)(CNCC1COc2ccccc21)C(N)=O. The second kappa shape index (κ2) is 4.98. The minimum absolute atomic E-state index is 0.280. The van der Waals surface area contributed by atoms with E-state index >= 15 is 0 Å². The first-order valence-electron chi connectivity index (χ1n) is 6.23. The zero-order valence-corrected chi connectivity index (χ0v) is 10.9. The molecule has 0 spiro atoms. The molecule has 0 radical (unpaired) electrons. The molecule has 3 N–H and O–H groups in total. The van der Waals surface area contributed by atoms with Gasteiger partial charge in [0.15, 0.2) is 0 Å². The summed E-state index contributed by atoms with van der Waals surface area (Å²) in [5, 5.41) is 3.31. The number of ether oxygens (including phenoxy) is 1. The Labute approximate surface area is 108 Å². The van der Waals surface area contributed by atoms with Gasteiger partial charge in [-0.3, -0.25) is 4.79 Å². The van der Waals surface area contributed by atoms with Gasteiger partial charge in [-0.05, 0) is 19.9 Å². The fraction of sp³-hybridized carbons (Fsp3) is 0.500. The van der Waals surface area contributed by atoms with Gasteiger partial charge in [-0.2, -0.15) is 0 Å². The maximum atomic E-state index is 11.2. The van der Waals surface area contributed by atoms with Gasteiger partial charge >= 0.3 is 0 Å². The van der Waals surface area contributed by atoms with E-state index in [-0.39, 0.29) is 5.91 Å². The van der Waals surface area contributed by atoms with Crippen molar-refractivity contribution in [2.45, 2.75) is 19.8 Å². The minimum atomic E-state index is -0.515. The first-order valence-corrected chi connectivity index (χ1v) is 6.23. The van der Waals surface area contributed by atoms with Crippen LogP contribution in [0, 0.1) is 5.41 Å². The van der Waals surface area contributed by atoms with Crippen LogP contribution < -0.4 is 15.8 Å². The molecule has 1 aromatic rings. The van der Waals surface area contributed by atoms with E-state index in [1.165, 1.54) is 5.56 Å². The summed E-state index contributed by atoms with van der Waals surface area (Å²) in [4.78, 5) is 11.2. The topological polar surface area (TPSA) is 64.3 Å². The number of hydrogen-bond donors (Lipinski definition) is 2. The second-order valence-corrected chi connectivity index (χ2v) is 5.42. The van der Waals surface area contributed by atoms with E-state index in [9.17, 15) is 4.79 Å². The fourth-order valence-corrected chi connectivity index (χ4v) is 2.04. The molecule has 0 saturated heterocycles. The summed E-state index contributed by atoms with van der Waals surface area (Å²) >= 11 is 0. The van der Waals surface area contributed by atoms with E-state index in [1.54, 1.807) is 0 Å². The van der Waals surface area contributed by atoms with Crippen LogP contribution in [-0.2, 0) is 4.79 Å². The third-order valence-electron chi connectivity index (χ3n) is 3.42. The van der Waals surface area contributed by atoms with Gasteiger partial charge in [-0.25, -0.2) is 0 Å². The number of nitrogens with two attached hydrogens (primary N) is 1. The monoisotopic (exact) mass is 248 g/mol. The predicted octanol–water partition coefficient (Wildman–Crippen LogP) is 1.26. The van der Waals surface area contributed by atoms with Crippen molar-refractivity contribution in [1.82, 2.24) is 5.32 Å². The zero-order chi connectivity index (χ0) is 13.2. The molecule has 18 heavy (non-hydrogen) atoms. The summed E-state index contributed by atoms with van der Waals surface area (Å²) in [7, 11) is 0. The normalized spacial score (nSPS) is 18.2. The average Bonchev–Trinajstić information content (AvgIpc) is 2.72. The molecular formula is C14H20N2O2. The summed E-state index contributed by atoms with van der Waals surface area (Å²) in [6.45, 7) is 5.78. The van der Waals surface area contributed by atoms with Gasteiger partial charge in [0.2, 0.25) is 5.91 Å². The lowest BCUT2D eigenvalue weighted by Crippen LogP contribution is -2.41. The standard InChI is InChI=1S/C14H20N2O2/c1-14(2,13(15)17)9-16-7-10-8-18-12-6-4-3-5-11(10)12/h3-6,10,16H,7-9H2,1-2H3,(H2,15,17). The molecule has 0 fully saturated rings. The Kier molecular flexibility index (Phi) is 3.57. The van der Waals surface area contributed by atoms with Crippen LogP contribution in [0.4, 0.5) is 0 Å². The summed E-state index contributed by atoms with van der Waals surface area (Å²) in [5.74, 6) is 1.04. The van der Waals surface area contributed by atoms with Crippen molar-refractivity contribution in [2.75, 3.05) is 19.7 Å². The number of nitrogens with one attached hydrogen (secondary N) is 1. The summed E-state index contributed by atoms with van der Waals surface area (Å²) in [5.41, 5.74) is 6.06. The van der Waals surface area contributed by atoms with Gasteiger partial charge in [0.25, 0.3) is 0 Å². The Morgan fingerprint density at radius 1 is 1.50 bits per heavy atom. The molecule has 1 aliphatic rings. The highest BCUT2D eigenvalue weighted by Gasteiger charge is 2.27. The lowest BCUT2D eigenvalue weighted by molar-refractivity contribution is -0.125. The number of para-hydroxylation sites is 1. The summed E-state index contributed by atoms with van der Waals surface area (Å²) < 4.78 is 5.61. The Hall–Kier alpha value is -1.55. The number of fused-ring (bicyclic) bond motifs is 1. The van der Waals surface area contributed by atoms with Crippen molar-refractivity contribution in [3.63, 3.8) is 0 Å². The van der Waals surface area contributed by atoms with E-state index in [2.05, 4.69) is 11.4 Å². The third kappa shape index (κ3) is 2.64. The third-order valence-corrected chi connectivity index (χ3v) is 3.42. The molecule has 1 atom stereocenters. The molecule has 1 aliphatic heterocycles. The predicted molar refractivity (Wildman–Crippen MR) is 70.5 cm³/mol. The van der Waals surface area contributed by atoms with Crippen molar-refractivity contribution in [2.24, 2.45) is 11.1 Å². The lowest BCUT2D eigenvalue weighted by Gasteiger charge is -2.21. The van der Waals surface area contributed by atoms with Crippen LogP contribution in [0.5, 0.6) is 5.75 Å². The highest BCUT2D eigenvalue weighted by Crippen LogP contribution is 2.32. The summed E-state index contributed by atoms with van der Waals surface area (Å²) in [6, 6.07) is 8.08. The molecule has 98 valence electrons. The molecule has 0 saturated carbocycles. The van der Waals surface area contributed by atoms with Gasteiger partial charge in [-0.15, -0.1) is 0 Å². The highest BCUT2D eigenvalue weighted by molar-refractivity contribution is 5.80. The van der Waals surface area contributed by atoms with Gasteiger partial charge in [0.1, 0.15) is 5.75 Å². The van der Waals surface area contributed by atoms with Crippen LogP contribution >= 0.6 is 0 Å². The van der Waals surface area contributed by atoms with Gasteiger partial charge in [-0.1, -0.05) is 18.2 Å². The lowest BCUT2D eigenvalue weighted by atomic mass is 9.92. The molecule has 1 unspecified atom stereocenters. The number of benzene rings is 1. The van der Waals surface area contributed by atoms with Gasteiger partial charge in [0.05, 0.1) is 12.0 Å². The highest BCUT2D eigenvalue weighted by atomic mass is 16.5. The molecule has 1 heterocycles. The van der Waals surface area contributed by atoms with Crippen molar-refractivity contribution >= 4 is 5.91 Å². The van der Waals surface area contributed by atoms with Gasteiger partial charge in [0, 0.05) is 24.6 Å². The Balaban J connectivity index is 1.88. The minimum Gasteiger partial charge on any atom is -0.493 e. The van der Waals surface area contributed by atoms with E-state index in [0.29, 0.717) is 19.1 Å². The first-order chi connectivity index (χ1) is 8.50. The Bertz CT molecular complexity index is 443. The molecule has 1 aromatic carbocycles. The van der Waals surface area contributed by atoms with Crippen LogP contribution in [0.3, 0.4) is 0 Å². The van der Waals surface area contributed by atoms with Crippen molar-refractivity contribution in [3.05, 3.63) is 29.8 Å². The fourth-order valence-electron chi connectivity index (χ4n) is 2.04. The maximum Gasteiger partial charge on any atom is 0.224 e. The Morgan fingerprint density at radius 2 is 2.22 bits per heavy atom. The van der Waals surface area contributed by atoms with Crippen LogP contribution in [0.15, 0.2) is 24.3 Å². The number of hydrogen-bond acceptors (Lipinski definition) is 3. The molecule has 4 heteroatoms. The smallest absolute Gasteiger partial charge is 0.224 e. The molecule has 0 aromatic heterocycles. The average molecular weight is 248 g/mol. The molecule has 0 bridgehead atoms. The van der Waals surface area contributed by atoms with Crippen molar-refractivity contribution in [3.8, 4) is 5.75 Å². The second-order valence-electron chi connectivity index (χ2n) is 5.42. The number of amides is 1. The van der Waals surface area contributed by atoms with Crippen LogP contribution in [0.2, 0.25) is 0 Å². The zero-order valence-electron chi connectivity index (χ0n) is 10.9. The van der Waals surface area contributed by atoms with Crippen molar-refractivity contribution in [1.29, 1.82) is 0 Å². The number of primary amides is 1. The molecule has 0 aliphatic carbocycles. The van der Waals surface area contributed by atoms with E-state index < -0.39 is 5.41 Å². The van der Waals surface area contributed by atoms with Crippen LogP contribution in [0.1, 0.15) is 25.3 Å². The molecule has 4 nitrogen and oxygen atoms in total. The number of carbonyl (C=O) groups is 1. The molecular weight excluding hydrogens is 228 g/mol. The van der Waals surface area contributed by atoms with Crippen LogP contribution in [-0.4, -0.2) is 25.6 Å². The largest absolute Gasteiger partial charge is 0.493 e. The number of carbonyl (C=O) groups excluding carboxylic acids is 1. The van der Waals surface area contributed by atoms with Crippen LogP contribution in [0.25, 0.3) is 0 Å². The van der Waals surface area contributed by atoms with Crippen molar-refractivity contribution < 1.29 is 9.53 Å². The van der Waals surface area contributed by atoms with E-state index in [0.717, 1.165) is 12.3 Å². The molecule has 2 rings (SSSR count). The van der Waals surface area contributed by atoms with Gasteiger partial charge < -0.3 is 15.8 Å². The van der Waals surface area contributed by atoms with E-state index in [1.807, 2.05) is 32.0 Å². The molecule has 1 amide bonds. The summed E-state index contributed by atoms with van der Waals surface area (Å²) in [6.07, 6.45) is 0.